The fourth-order valence-corrected chi connectivity index (χ4v) is 0.408. The average Bonchev–Trinajstić information content (AvgIpc) is 1.59. The molecule has 0 fully saturated rings. The van der Waals surface area contributed by atoms with E-state index in [1.807, 2.05) is 0 Å². The monoisotopic (exact) mass is 112 g/mol. The lowest BCUT2D eigenvalue weighted by Crippen LogP contribution is -2.05. The van der Waals surface area contributed by atoms with Crippen LogP contribution in [0.2, 0.25) is 5.31 Å². The maximum absolute atomic E-state index is 4.92. The third kappa shape index (κ3) is 6.09. The van der Waals surface area contributed by atoms with Crippen LogP contribution < -0.4 is 0 Å². The highest BCUT2D eigenvalue weighted by atomic mass is 16.4. The van der Waals surface area contributed by atoms with Gasteiger partial charge in [-0.1, -0.05) is 19.2 Å². The van der Waals surface area contributed by atoms with Crippen molar-refractivity contribution in [1.29, 1.82) is 0 Å². The van der Waals surface area contributed by atoms with Crippen molar-refractivity contribution >= 4 is 15.9 Å². The number of hydrogen-bond donors (Lipinski definition) is 0. The van der Waals surface area contributed by atoms with Crippen molar-refractivity contribution in [1.82, 2.24) is 0 Å². The minimum absolute atomic E-state index is 0.427. The Kier molecular flexibility index (Phi) is 3.22. The van der Waals surface area contributed by atoms with Crippen LogP contribution in [0.1, 0.15) is 20.3 Å². The summed E-state index contributed by atoms with van der Waals surface area (Å²) < 4.78 is 4.92. The number of rotatable bonds is 3. The SMILES string of the molecule is BOCCC(B)(C)C. The maximum Gasteiger partial charge on any atom is 0.257 e. The summed E-state index contributed by atoms with van der Waals surface area (Å²) in [5.74, 6) is 0. The summed E-state index contributed by atoms with van der Waals surface area (Å²) in [5, 5.41) is 0.427. The molecule has 3 heteroatoms. The molecular formula is C5H14B2O. The topological polar surface area (TPSA) is 9.23 Å². The third-order valence-corrected chi connectivity index (χ3v) is 1.06. The van der Waals surface area contributed by atoms with Crippen molar-refractivity contribution in [2.45, 2.75) is 25.6 Å². The van der Waals surface area contributed by atoms with E-state index >= 15 is 0 Å². The minimum Gasteiger partial charge on any atom is -0.444 e. The van der Waals surface area contributed by atoms with Crippen molar-refractivity contribution in [2.75, 3.05) is 6.61 Å². The second kappa shape index (κ2) is 3.18. The Balaban J connectivity index is 3.11. The van der Waals surface area contributed by atoms with Crippen LogP contribution >= 0.6 is 0 Å². The molecule has 0 radical (unpaired) electrons. The van der Waals surface area contributed by atoms with Gasteiger partial charge in [0.25, 0.3) is 8.05 Å². The van der Waals surface area contributed by atoms with Crippen LogP contribution in [-0.4, -0.2) is 22.5 Å². The summed E-state index contributed by atoms with van der Waals surface area (Å²) in [6.07, 6.45) is 1.14. The van der Waals surface area contributed by atoms with E-state index in [-0.39, 0.29) is 0 Å². The molecule has 0 N–H and O–H groups in total. The van der Waals surface area contributed by atoms with E-state index in [9.17, 15) is 0 Å². The van der Waals surface area contributed by atoms with Crippen LogP contribution in [0.4, 0.5) is 0 Å². The third-order valence-electron chi connectivity index (χ3n) is 1.06. The van der Waals surface area contributed by atoms with Gasteiger partial charge in [0.15, 0.2) is 0 Å². The molecule has 0 aromatic carbocycles. The molecule has 1 nitrogen and oxygen atoms in total. The normalized spacial score (nSPS) is 11.8. The van der Waals surface area contributed by atoms with E-state index in [1.165, 1.54) is 0 Å². The van der Waals surface area contributed by atoms with Crippen molar-refractivity contribution in [3.8, 4) is 0 Å². The second-order valence-electron chi connectivity index (χ2n) is 3.30. The van der Waals surface area contributed by atoms with Crippen LogP contribution in [0.25, 0.3) is 0 Å². The van der Waals surface area contributed by atoms with Gasteiger partial charge in [0.05, 0.1) is 0 Å². The van der Waals surface area contributed by atoms with Gasteiger partial charge in [-0.25, -0.2) is 0 Å². The molecule has 0 rings (SSSR count). The van der Waals surface area contributed by atoms with Gasteiger partial charge in [-0.05, 0) is 6.42 Å². The standard InChI is InChI=1S/C5H14B2O/c1-5(2,6)3-4-8-7/h3-4,6-7H2,1-2H3. The molecular weight excluding hydrogens is 97.7 g/mol. The largest absolute Gasteiger partial charge is 0.444 e. The van der Waals surface area contributed by atoms with Gasteiger partial charge in [0.2, 0.25) is 0 Å². The van der Waals surface area contributed by atoms with Gasteiger partial charge in [-0.15, -0.1) is 0 Å². The maximum atomic E-state index is 4.92. The zero-order chi connectivity index (χ0) is 6.62. The average molecular weight is 112 g/mol. The Hall–Kier alpha value is 0.0899. The molecule has 0 aromatic heterocycles. The van der Waals surface area contributed by atoms with Crippen LogP contribution in [-0.2, 0) is 4.65 Å². The van der Waals surface area contributed by atoms with Crippen molar-refractivity contribution in [2.24, 2.45) is 0 Å². The Labute approximate surface area is 53.7 Å². The zero-order valence-corrected chi connectivity index (χ0v) is 6.32. The quantitative estimate of drug-likeness (QED) is 0.458. The fraction of sp³-hybridized carbons (Fsp3) is 1.00. The van der Waals surface area contributed by atoms with E-state index in [0.29, 0.717) is 5.31 Å². The van der Waals surface area contributed by atoms with E-state index in [0.717, 1.165) is 13.0 Å². The first-order valence-corrected chi connectivity index (χ1v) is 3.05. The van der Waals surface area contributed by atoms with E-state index in [4.69, 9.17) is 4.65 Å². The van der Waals surface area contributed by atoms with Gasteiger partial charge >= 0.3 is 0 Å². The summed E-state index contributed by atoms with van der Waals surface area (Å²) in [5.41, 5.74) is 0. The Morgan fingerprint density at radius 3 is 2.12 bits per heavy atom. The van der Waals surface area contributed by atoms with Crippen molar-refractivity contribution < 1.29 is 4.65 Å². The smallest absolute Gasteiger partial charge is 0.257 e. The predicted octanol–water partition coefficient (Wildman–Crippen LogP) is -0.227. The highest BCUT2D eigenvalue weighted by molar-refractivity contribution is 6.14. The molecule has 0 amide bonds. The first-order valence-electron chi connectivity index (χ1n) is 3.05. The van der Waals surface area contributed by atoms with Gasteiger partial charge < -0.3 is 4.65 Å². The van der Waals surface area contributed by atoms with Crippen molar-refractivity contribution in [3.05, 3.63) is 0 Å². The Morgan fingerprint density at radius 2 is 2.00 bits per heavy atom. The minimum atomic E-state index is 0.427. The highest BCUT2D eigenvalue weighted by Crippen LogP contribution is 2.22. The molecule has 8 heavy (non-hydrogen) atoms. The molecule has 0 aliphatic carbocycles. The van der Waals surface area contributed by atoms with Gasteiger partial charge in [-0.2, -0.15) is 0 Å². The molecule has 0 bridgehead atoms. The molecule has 0 heterocycles. The highest BCUT2D eigenvalue weighted by Gasteiger charge is 2.07. The van der Waals surface area contributed by atoms with Gasteiger partial charge in [-0.3, -0.25) is 0 Å². The molecule has 0 saturated heterocycles. The molecule has 0 unspecified atom stereocenters. The van der Waals surface area contributed by atoms with Gasteiger partial charge in [0.1, 0.15) is 7.85 Å². The summed E-state index contributed by atoms with van der Waals surface area (Å²) in [7, 11) is 3.96. The lowest BCUT2D eigenvalue weighted by Gasteiger charge is -2.16. The number of hydrogen-bond acceptors (Lipinski definition) is 1. The lowest BCUT2D eigenvalue weighted by atomic mass is 9.70. The van der Waals surface area contributed by atoms with Crippen LogP contribution in [0.5, 0.6) is 0 Å². The molecule has 0 aliphatic rings. The van der Waals surface area contributed by atoms with Crippen LogP contribution in [0, 0.1) is 0 Å². The lowest BCUT2D eigenvalue weighted by molar-refractivity contribution is 0.320. The van der Waals surface area contributed by atoms with Crippen LogP contribution in [0.15, 0.2) is 0 Å². The summed E-state index contributed by atoms with van der Waals surface area (Å²) in [4.78, 5) is 0. The van der Waals surface area contributed by atoms with Crippen molar-refractivity contribution in [3.63, 3.8) is 0 Å². The molecule has 0 atom stereocenters. The summed E-state index contributed by atoms with van der Waals surface area (Å²) in [6.45, 7) is 5.31. The van der Waals surface area contributed by atoms with Gasteiger partial charge in [0, 0.05) is 6.61 Å². The summed E-state index contributed by atoms with van der Waals surface area (Å²) in [6, 6.07) is 0. The van der Waals surface area contributed by atoms with Crippen LogP contribution in [0.3, 0.4) is 0 Å². The Morgan fingerprint density at radius 1 is 1.50 bits per heavy atom. The molecule has 0 spiro atoms. The molecule has 0 saturated carbocycles. The first kappa shape index (κ1) is 8.09. The first-order chi connectivity index (χ1) is 3.56. The summed E-state index contributed by atoms with van der Waals surface area (Å²) >= 11 is 0. The molecule has 46 valence electrons. The van der Waals surface area contributed by atoms with E-state index in [1.54, 1.807) is 8.05 Å². The molecule has 0 aliphatic heterocycles. The molecule has 0 aromatic rings. The van der Waals surface area contributed by atoms with E-state index < -0.39 is 0 Å². The Bertz CT molecular complexity index is 57.9. The predicted molar refractivity (Wildman–Crippen MR) is 41.7 cm³/mol. The fourth-order valence-electron chi connectivity index (χ4n) is 0.408. The van der Waals surface area contributed by atoms with E-state index in [2.05, 4.69) is 21.7 Å². The second-order valence-corrected chi connectivity index (χ2v) is 3.30. The zero-order valence-electron chi connectivity index (χ0n) is 6.32.